The summed E-state index contributed by atoms with van der Waals surface area (Å²) in [6.07, 6.45) is -1.55. The van der Waals surface area contributed by atoms with Crippen molar-refractivity contribution in [2.75, 3.05) is 31.5 Å². The smallest absolute Gasteiger partial charge is 0.340 e. The zero-order valence-electron chi connectivity index (χ0n) is 23.0. The van der Waals surface area contributed by atoms with Gasteiger partial charge in [-0.05, 0) is 30.7 Å². The van der Waals surface area contributed by atoms with E-state index in [1.165, 1.54) is 21.8 Å². The molecule has 2 fully saturated rings. The van der Waals surface area contributed by atoms with E-state index in [-0.39, 0.29) is 37.7 Å². The Morgan fingerprint density at radius 1 is 1.19 bits per heavy atom. The van der Waals surface area contributed by atoms with Crippen molar-refractivity contribution in [2.24, 2.45) is 5.92 Å². The maximum Gasteiger partial charge on any atom is 0.397 e. The van der Waals surface area contributed by atoms with Crippen LogP contribution in [-0.4, -0.2) is 78.7 Å². The first-order valence-electron chi connectivity index (χ1n) is 13.8. The van der Waals surface area contributed by atoms with Crippen molar-refractivity contribution in [1.29, 1.82) is 0 Å². The van der Waals surface area contributed by atoms with Gasteiger partial charge in [-0.15, -0.1) is 0 Å². The molecule has 6 rings (SSSR count). The number of hydrogen-bond acceptors (Lipinski definition) is 6. The van der Waals surface area contributed by atoms with E-state index in [1.54, 1.807) is 18.5 Å². The molecule has 3 aromatic heterocycles. The molecule has 1 saturated heterocycles. The molecule has 228 valence electrons. The average molecular weight is 607 g/mol. The minimum atomic E-state index is -4.53. The predicted molar refractivity (Wildman–Crippen MR) is 145 cm³/mol. The van der Waals surface area contributed by atoms with Crippen molar-refractivity contribution in [2.45, 2.75) is 44.5 Å². The van der Waals surface area contributed by atoms with Crippen LogP contribution >= 0.6 is 0 Å². The number of aromatic amines is 1. The summed E-state index contributed by atoms with van der Waals surface area (Å²) in [6, 6.07) is 6.43. The van der Waals surface area contributed by atoms with Gasteiger partial charge in [0.1, 0.15) is 18.1 Å². The lowest BCUT2D eigenvalue weighted by atomic mass is 10.1. The number of benzene rings is 1. The minimum absolute atomic E-state index is 0.0653. The van der Waals surface area contributed by atoms with E-state index in [0.717, 1.165) is 5.56 Å². The topological polar surface area (TPSA) is 95.0 Å². The monoisotopic (exact) mass is 606 g/mol. The molecule has 0 bridgehead atoms. The molecule has 1 amide bonds. The van der Waals surface area contributed by atoms with Gasteiger partial charge in [-0.3, -0.25) is 14.4 Å². The number of fused-ring (bicyclic) bond motifs is 1. The molecule has 1 aliphatic heterocycles. The third kappa shape index (κ3) is 6.45. The van der Waals surface area contributed by atoms with E-state index >= 15 is 0 Å². The van der Waals surface area contributed by atoms with Crippen LogP contribution in [0.5, 0.6) is 0 Å². The van der Waals surface area contributed by atoms with Crippen LogP contribution in [0.1, 0.15) is 31.4 Å². The van der Waals surface area contributed by atoms with Crippen molar-refractivity contribution < 1.29 is 31.1 Å². The number of anilines is 2. The number of rotatable bonds is 8. The third-order valence-corrected chi connectivity index (χ3v) is 7.96. The summed E-state index contributed by atoms with van der Waals surface area (Å²) >= 11 is 0. The fourth-order valence-electron chi connectivity index (χ4n) is 5.36. The molecule has 4 heterocycles. The summed E-state index contributed by atoms with van der Waals surface area (Å²) in [5.41, 5.74) is 2.51. The van der Waals surface area contributed by atoms with Crippen LogP contribution in [0.15, 0.2) is 42.9 Å². The maximum absolute atomic E-state index is 15.0. The number of imidazole rings is 1. The number of piperazine rings is 1. The van der Waals surface area contributed by atoms with Crippen LogP contribution in [0, 0.1) is 11.7 Å². The van der Waals surface area contributed by atoms with Crippen molar-refractivity contribution >= 4 is 28.7 Å². The highest BCUT2D eigenvalue weighted by Gasteiger charge is 2.56. The number of pyridine rings is 1. The van der Waals surface area contributed by atoms with Gasteiger partial charge in [0.15, 0.2) is 0 Å². The SMILES string of the molecule is CC(c1ccnc(Nc2nc3cc(-c4cnn(CC5CC5(F)F)c4)c(F)cc3[nH]2)c1)N1CCN(C(=O)CC(F)(F)F)CC1. The Kier molecular flexibility index (Phi) is 7.30. The normalized spacial score (nSPS) is 19.5. The molecule has 2 atom stereocenters. The van der Waals surface area contributed by atoms with Crippen LogP contribution in [0.2, 0.25) is 0 Å². The first kappa shape index (κ1) is 29.0. The number of carbonyl (C=O) groups is 1. The Labute approximate surface area is 241 Å². The number of hydrogen-bond donors (Lipinski definition) is 2. The van der Waals surface area contributed by atoms with Gasteiger partial charge in [-0.1, -0.05) is 0 Å². The van der Waals surface area contributed by atoms with Gasteiger partial charge in [0, 0.05) is 80.7 Å². The minimum Gasteiger partial charge on any atom is -0.340 e. The molecule has 0 spiro atoms. The number of aromatic nitrogens is 5. The molecule has 1 saturated carbocycles. The lowest BCUT2D eigenvalue weighted by molar-refractivity contribution is -0.162. The van der Waals surface area contributed by atoms with Gasteiger partial charge in [0.05, 0.1) is 17.2 Å². The first-order valence-corrected chi connectivity index (χ1v) is 13.8. The van der Waals surface area contributed by atoms with Crippen molar-refractivity contribution in [3.63, 3.8) is 0 Å². The highest BCUT2D eigenvalue weighted by molar-refractivity contribution is 5.84. The number of halogens is 6. The van der Waals surface area contributed by atoms with E-state index < -0.39 is 36.2 Å². The Balaban J connectivity index is 1.11. The van der Waals surface area contributed by atoms with Gasteiger partial charge < -0.3 is 15.2 Å². The molecule has 0 radical (unpaired) electrons. The van der Waals surface area contributed by atoms with E-state index in [4.69, 9.17) is 0 Å². The third-order valence-electron chi connectivity index (χ3n) is 7.96. The number of carbonyl (C=O) groups excluding carboxylic acids is 1. The quantitative estimate of drug-likeness (QED) is 0.257. The Morgan fingerprint density at radius 3 is 2.63 bits per heavy atom. The number of alkyl halides is 5. The molecule has 2 aliphatic rings. The van der Waals surface area contributed by atoms with Crippen LogP contribution in [0.4, 0.5) is 38.1 Å². The van der Waals surface area contributed by atoms with Crippen molar-refractivity contribution in [1.82, 2.24) is 34.5 Å². The van der Waals surface area contributed by atoms with E-state index in [1.807, 2.05) is 19.1 Å². The summed E-state index contributed by atoms with van der Waals surface area (Å²) in [5.74, 6) is -4.05. The number of H-pyrrole nitrogens is 1. The lowest BCUT2D eigenvalue weighted by Crippen LogP contribution is -2.50. The van der Waals surface area contributed by atoms with Crippen LogP contribution in [0.3, 0.4) is 0 Å². The molecule has 1 aromatic carbocycles. The van der Waals surface area contributed by atoms with Crippen LogP contribution < -0.4 is 5.32 Å². The lowest BCUT2D eigenvalue weighted by Gasteiger charge is -2.38. The van der Waals surface area contributed by atoms with Crippen LogP contribution in [-0.2, 0) is 11.3 Å². The fraction of sp³-hybridized carbons (Fsp3) is 0.429. The fourth-order valence-corrected chi connectivity index (χ4v) is 5.36. The van der Waals surface area contributed by atoms with Gasteiger partial charge in [-0.2, -0.15) is 18.3 Å². The molecule has 2 unspecified atom stereocenters. The maximum atomic E-state index is 15.0. The average Bonchev–Trinajstić information content (AvgIpc) is 3.25. The highest BCUT2D eigenvalue weighted by atomic mass is 19.4. The largest absolute Gasteiger partial charge is 0.397 e. The molecular weight excluding hydrogens is 578 g/mol. The zero-order chi connectivity index (χ0) is 30.5. The predicted octanol–water partition coefficient (Wildman–Crippen LogP) is 5.52. The summed E-state index contributed by atoms with van der Waals surface area (Å²) in [4.78, 5) is 27.1. The Bertz CT molecular complexity index is 1640. The molecule has 1 aliphatic carbocycles. The van der Waals surface area contributed by atoms with Crippen molar-refractivity contribution in [3.05, 3.63) is 54.2 Å². The number of nitrogens with one attached hydrogen (secondary N) is 2. The number of nitrogens with zero attached hydrogens (tertiary/aromatic N) is 6. The molecule has 2 N–H and O–H groups in total. The standard InChI is InChI=1S/C28H28F6N8O/c1-16(40-4-6-41(7-5-40)25(43)12-28(32,33)34)17-2-3-35-24(8-17)39-26-37-22-9-20(21(29)10-23(22)38-26)18-13-36-42(14-18)15-19-11-27(19,30)31/h2-3,8-10,13-14,16,19H,4-7,11-12,15H2,1H3,(H2,35,37,38,39). The van der Waals surface area contributed by atoms with Gasteiger partial charge in [-0.25, -0.2) is 23.1 Å². The van der Waals surface area contributed by atoms with Crippen molar-refractivity contribution in [3.8, 4) is 11.1 Å². The van der Waals surface area contributed by atoms with E-state index in [9.17, 15) is 31.1 Å². The Hall–Kier alpha value is -4.14. The summed E-state index contributed by atoms with van der Waals surface area (Å²) in [7, 11) is 0. The molecule has 43 heavy (non-hydrogen) atoms. The van der Waals surface area contributed by atoms with E-state index in [0.29, 0.717) is 41.5 Å². The van der Waals surface area contributed by atoms with Crippen LogP contribution in [0.25, 0.3) is 22.2 Å². The summed E-state index contributed by atoms with van der Waals surface area (Å²) in [6.45, 7) is 3.32. The second-order valence-electron chi connectivity index (χ2n) is 11.0. The molecule has 9 nitrogen and oxygen atoms in total. The number of amides is 1. The second-order valence-corrected chi connectivity index (χ2v) is 11.0. The summed E-state index contributed by atoms with van der Waals surface area (Å²) in [5, 5.41) is 7.20. The molecule has 15 heteroatoms. The molecule has 4 aromatic rings. The highest BCUT2D eigenvalue weighted by Crippen LogP contribution is 2.49. The van der Waals surface area contributed by atoms with Gasteiger partial charge in [0.25, 0.3) is 5.92 Å². The zero-order valence-corrected chi connectivity index (χ0v) is 23.0. The van der Waals surface area contributed by atoms with E-state index in [2.05, 4.69) is 30.3 Å². The molecular formula is C28H28F6N8O. The summed E-state index contributed by atoms with van der Waals surface area (Å²) < 4.78 is 80.7. The Morgan fingerprint density at radius 2 is 1.93 bits per heavy atom. The second kappa shape index (κ2) is 10.8. The first-order chi connectivity index (χ1) is 20.3. The van der Waals surface area contributed by atoms with Gasteiger partial charge in [0.2, 0.25) is 11.9 Å². The van der Waals surface area contributed by atoms with Gasteiger partial charge >= 0.3 is 6.18 Å².